The molecule has 0 spiro atoms. The van der Waals surface area contributed by atoms with Gasteiger partial charge in [-0.05, 0) is 98.6 Å². The second-order valence-corrected chi connectivity index (χ2v) is 16.5. The van der Waals surface area contributed by atoms with E-state index in [1.54, 1.807) is 0 Å². The predicted octanol–water partition coefficient (Wildman–Crippen LogP) is 16.5. The molecule has 1 atom stereocenters. The molecule has 12 rings (SSSR count). The zero-order valence-electron chi connectivity index (χ0n) is 34.3. The molecule has 2 nitrogen and oxygen atoms in total. The van der Waals surface area contributed by atoms with E-state index in [4.69, 9.17) is 4.42 Å². The minimum atomic E-state index is -0.360. The van der Waals surface area contributed by atoms with Crippen molar-refractivity contribution in [2.75, 3.05) is 4.90 Å². The number of para-hydroxylation sites is 3. The molecule has 2 heteroatoms. The van der Waals surface area contributed by atoms with Crippen molar-refractivity contribution in [2.45, 2.75) is 12.3 Å². The average Bonchev–Trinajstić information content (AvgIpc) is 3.85. The van der Waals surface area contributed by atoms with Crippen LogP contribution in [0.25, 0.3) is 77.2 Å². The Balaban J connectivity index is 1.17. The van der Waals surface area contributed by atoms with Gasteiger partial charge in [0.2, 0.25) is 0 Å². The van der Waals surface area contributed by atoms with Crippen LogP contribution in [0, 0.1) is 0 Å². The Hall–Kier alpha value is -7.94. The summed E-state index contributed by atoms with van der Waals surface area (Å²) in [5, 5.41) is 4.67. The lowest BCUT2D eigenvalue weighted by Crippen LogP contribution is -2.22. The maximum Gasteiger partial charge on any atom is 0.135 e. The van der Waals surface area contributed by atoms with Gasteiger partial charge >= 0.3 is 0 Å². The molecule has 1 heterocycles. The number of anilines is 3. The van der Waals surface area contributed by atoms with Crippen molar-refractivity contribution in [2.24, 2.45) is 0 Å². The van der Waals surface area contributed by atoms with Gasteiger partial charge in [-0.15, -0.1) is 0 Å². The van der Waals surface area contributed by atoms with Crippen LogP contribution in [-0.4, -0.2) is 0 Å². The molecule has 11 aromatic rings. The van der Waals surface area contributed by atoms with Gasteiger partial charge in [0.25, 0.3) is 0 Å². The molecular formula is C60H41NO. The van der Waals surface area contributed by atoms with E-state index >= 15 is 0 Å². The van der Waals surface area contributed by atoms with Gasteiger partial charge in [0, 0.05) is 32.9 Å². The quantitative estimate of drug-likeness (QED) is 0.160. The van der Waals surface area contributed by atoms with Gasteiger partial charge in [0.05, 0.1) is 17.1 Å². The normalized spacial score (nSPS) is 14.3. The molecule has 0 amide bonds. The first-order valence-corrected chi connectivity index (χ1v) is 21.4. The number of furan rings is 1. The van der Waals surface area contributed by atoms with Gasteiger partial charge in [-0.2, -0.15) is 0 Å². The molecule has 292 valence electrons. The molecule has 1 aliphatic carbocycles. The van der Waals surface area contributed by atoms with Crippen LogP contribution in [0.2, 0.25) is 0 Å². The molecule has 0 fully saturated rings. The van der Waals surface area contributed by atoms with Crippen molar-refractivity contribution in [1.29, 1.82) is 0 Å². The molecule has 10 aromatic carbocycles. The third-order valence-corrected chi connectivity index (χ3v) is 13.2. The van der Waals surface area contributed by atoms with Gasteiger partial charge in [-0.1, -0.05) is 194 Å². The van der Waals surface area contributed by atoms with Crippen LogP contribution in [-0.2, 0) is 5.41 Å². The lowest BCUT2D eigenvalue weighted by atomic mass is 9.74. The van der Waals surface area contributed by atoms with Gasteiger partial charge in [-0.25, -0.2) is 0 Å². The number of hydrogen-bond acceptors (Lipinski definition) is 2. The monoisotopic (exact) mass is 791 g/mol. The van der Waals surface area contributed by atoms with E-state index in [2.05, 4.69) is 236 Å². The topological polar surface area (TPSA) is 16.4 Å². The highest BCUT2D eigenvalue weighted by Gasteiger charge is 2.42. The molecule has 0 bridgehead atoms. The molecule has 0 aliphatic heterocycles. The number of rotatable bonds is 7. The van der Waals surface area contributed by atoms with Crippen LogP contribution in [0.1, 0.15) is 23.6 Å². The van der Waals surface area contributed by atoms with E-state index in [0.29, 0.717) is 0 Å². The fraction of sp³-hybridized carbons (Fsp3) is 0.0333. The van der Waals surface area contributed by atoms with Crippen LogP contribution in [0.5, 0.6) is 0 Å². The number of fused-ring (bicyclic) bond motifs is 7. The first-order valence-electron chi connectivity index (χ1n) is 21.4. The molecule has 0 N–H and O–H groups in total. The van der Waals surface area contributed by atoms with Crippen molar-refractivity contribution in [1.82, 2.24) is 0 Å². The zero-order chi connectivity index (χ0) is 41.2. The maximum absolute atomic E-state index is 6.33. The van der Waals surface area contributed by atoms with E-state index in [1.165, 1.54) is 55.3 Å². The minimum absolute atomic E-state index is 0.360. The minimum Gasteiger partial charge on any atom is -0.456 e. The third kappa shape index (κ3) is 5.50. The van der Waals surface area contributed by atoms with E-state index in [-0.39, 0.29) is 5.41 Å². The predicted molar refractivity (Wildman–Crippen MR) is 260 cm³/mol. The number of nitrogens with zero attached hydrogens (tertiary/aromatic N) is 1. The SMILES string of the molecule is CC1(c2ccccc2)c2ccccc2-c2c(N(c3ccccc3-c3ccc4oc5ccccc5c4c3)c3ccccc3-c3cccc4cccc(-c5ccccc5)c34)cccc21. The summed E-state index contributed by atoms with van der Waals surface area (Å²) >= 11 is 0. The second kappa shape index (κ2) is 14.4. The Bertz CT molecular complexity index is 3490. The zero-order valence-corrected chi connectivity index (χ0v) is 34.3. The highest BCUT2D eigenvalue weighted by Crippen LogP contribution is 2.58. The number of hydrogen-bond donors (Lipinski definition) is 0. The molecule has 1 unspecified atom stereocenters. The summed E-state index contributed by atoms with van der Waals surface area (Å²) in [5.74, 6) is 0. The highest BCUT2D eigenvalue weighted by molar-refractivity contribution is 6.11. The number of benzene rings is 10. The van der Waals surface area contributed by atoms with Gasteiger partial charge in [0.1, 0.15) is 11.2 Å². The van der Waals surface area contributed by atoms with Crippen LogP contribution >= 0.6 is 0 Å². The molecule has 1 aliphatic rings. The average molecular weight is 792 g/mol. The summed E-state index contributed by atoms with van der Waals surface area (Å²) in [4.78, 5) is 2.54. The van der Waals surface area contributed by atoms with Crippen molar-refractivity contribution >= 4 is 49.8 Å². The third-order valence-electron chi connectivity index (χ3n) is 13.2. The second-order valence-electron chi connectivity index (χ2n) is 16.5. The van der Waals surface area contributed by atoms with Crippen molar-refractivity contribution in [3.63, 3.8) is 0 Å². The standard InChI is InChI=1S/C60H41NO/c1-60(43-23-6-3-7-24-43)51-31-12-8-28-49(51)59-52(60)32-18-35-55(59)61(53-33-13-9-25-44(53)42-37-38-57-50(39-42)47-27-11-15-36-56(47)62-57)54-34-14-10-26-46(54)48-30-17-22-41-21-16-29-45(58(41)48)40-19-4-2-5-20-40/h2-39H,1H3. The molecule has 0 saturated carbocycles. The Kier molecular flexibility index (Phi) is 8.33. The van der Waals surface area contributed by atoms with Crippen molar-refractivity contribution in [3.8, 4) is 44.5 Å². The largest absolute Gasteiger partial charge is 0.456 e. The summed E-state index contributed by atoms with van der Waals surface area (Å²) in [6.45, 7) is 2.40. The first kappa shape index (κ1) is 36.0. The van der Waals surface area contributed by atoms with E-state index < -0.39 is 0 Å². The van der Waals surface area contributed by atoms with E-state index in [0.717, 1.165) is 55.7 Å². The summed E-state index contributed by atoms with van der Waals surface area (Å²) in [6, 6.07) is 84.0. The Morgan fingerprint density at radius 1 is 0.371 bits per heavy atom. The van der Waals surface area contributed by atoms with Gasteiger partial charge in [-0.3, -0.25) is 0 Å². The first-order chi connectivity index (χ1) is 30.7. The fourth-order valence-corrected chi connectivity index (χ4v) is 10.3. The lowest BCUT2D eigenvalue weighted by Gasteiger charge is -2.33. The van der Waals surface area contributed by atoms with Crippen LogP contribution in [0.4, 0.5) is 17.1 Å². The molecule has 62 heavy (non-hydrogen) atoms. The van der Waals surface area contributed by atoms with Gasteiger partial charge < -0.3 is 9.32 Å². The van der Waals surface area contributed by atoms with Crippen molar-refractivity contribution < 1.29 is 4.42 Å². The summed E-state index contributed by atoms with van der Waals surface area (Å²) < 4.78 is 6.33. The Morgan fingerprint density at radius 2 is 0.935 bits per heavy atom. The van der Waals surface area contributed by atoms with Gasteiger partial charge in [0.15, 0.2) is 0 Å². The van der Waals surface area contributed by atoms with Crippen molar-refractivity contribution in [3.05, 3.63) is 247 Å². The molecule has 0 saturated heterocycles. The summed E-state index contributed by atoms with van der Waals surface area (Å²) in [7, 11) is 0. The molecule has 0 radical (unpaired) electrons. The van der Waals surface area contributed by atoms with E-state index in [9.17, 15) is 0 Å². The smallest absolute Gasteiger partial charge is 0.135 e. The lowest BCUT2D eigenvalue weighted by molar-refractivity contribution is 0.669. The Labute approximate surface area is 361 Å². The summed E-state index contributed by atoms with van der Waals surface area (Å²) in [6.07, 6.45) is 0. The van der Waals surface area contributed by atoms with Crippen LogP contribution in [0.3, 0.4) is 0 Å². The van der Waals surface area contributed by atoms with E-state index in [1.807, 2.05) is 6.07 Å². The Morgan fingerprint density at radius 3 is 1.74 bits per heavy atom. The fourth-order valence-electron chi connectivity index (χ4n) is 10.3. The highest BCUT2D eigenvalue weighted by atomic mass is 16.3. The molecular weight excluding hydrogens is 751 g/mol. The maximum atomic E-state index is 6.33. The van der Waals surface area contributed by atoms with Crippen LogP contribution < -0.4 is 4.90 Å². The summed E-state index contributed by atoms with van der Waals surface area (Å²) in [5.41, 5.74) is 18.2. The molecule has 1 aromatic heterocycles. The van der Waals surface area contributed by atoms with Crippen LogP contribution in [0.15, 0.2) is 235 Å².